The maximum Gasteiger partial charge on any atom is 0.308 e. The van der Waals surface area contributed by atoms with E-state index in [1.54, 1.807) is 18.4 Å². The molecule has 2 aromatic heterocycles. The number of anilines is 1. The number of esters is 1. The van der Waals surface area contributed by atoms with Gasteiger partial charge in [0.05, 0.1) is 11.6 Å². The fraction of sp³-hybridized carbons (Fsp3) is 0.632. The van der Waals surface area contributed by atoms with E-state index in [0.717, 1.165) is 5.69 Å². The van der Waals surface area contributed by atoms with E-state index >= 15 is 0 Å². The minimum absolute atomic E-state index is 0.0909. The lowest BCUT2D eigenvalue weighted by Gasteiger charge is -2.31. The minimum atomic E-state index is -0.874. The van der Waals surface area contributed by atoms with Crippen LogP contribution in [0.3, 0.4) is 0 Å². The first-order valence-corrected chi connectivity index (χ1v) is 9.41. The molecule has 2 saturated heterocycles. The molecule has 0 unspecified atom stereocenters. The van der Waals surface area contributed by atoms with Gasteiger partial charge < -0.3 is 24.7 Å². The highest BCUT2D eigenvalue weighted by molar-refractivity contribution is 5.71. The Morgan fingerprint density at radius 2 is 2.04 bits per heavy atom. The van der Waals surface area contributed by atoms with Crippen molar-refractivity contribution in [3.05, 3.63) is 24.2 Å². The number of hydrogen-bond acceptors (Lipinski definition) is 8. The molecule has 152 valence electrons. The largest absolute Gasteiger partial charge is 0.463 e. The number of nitrogens with two attached hydrogens (primary N) is 1. The van der Waals surface area contributed by atoms with Crippen LogP contribution in [0.15, 0.2) is 18.5 Å². The Hall–Kier alpha value is -2.23. The molecule has 9 heteroatoms. The number of ether oxygens (including phenoxy) is 4. The third-order valence-electron chi connectivity index (χ3n) is 5.29. The zero-order valence-corrected chi connectivity index (χ0v) is 16.7. The summed E-state index contributed by atoms with van der Waals surface area (Å²) < 4.78 is 25.8. The van der Waals surface area contributed by atoms with Gasteiger partial charge in [-0.15, -0.1) is 0 Å². The maximum atomic E-state index is 11.9. The van der Waals surface area contributed by atoms with Crippen molar-refractivity contribution in [2.75, 3.05) is 12.3 Å². The molecular formula is C19H26N4O5. The Balaban J connectivity index is 1.69. The molecule has 2 aromatic rings. The van der Waals surface area contributed by atoms with Crippen LogP contribution in [0.1, 0.15) is 40.3 Å². The molecule has 2 fully saturated rings. The predicted molar refractivity (Wildman–Crippen MR) is 99.2 cm³/mol. The SMILES string of the molecule is CC(C)C(=O)OC[C@H]1O[C@@](C)(c2ccc3c(N)ncnn23)[C@@H]2OC(C)(C)O[C@@H]21. The number of fused-ring (bicyclic) bond motifs is 2. The lowest BCUT2D eigenvalue weighted by Crippen LogP contribution is -2.39. The quantitative estimate of drug-likeness (QED) is 0.785. The second kappa shape index (κ2) is 6.40. The predicted octanol–water partition coefficient (Wildman–Crippen LogP) is 1.64. The van der Waals surface area contributed by atoms with Gasteiger partial charge in [-0.2, -0.15) is 5.10 Å². The summed E-state index contributed by atoms with van der Waals surface area (Å²) >= 11 is 0. The van der Waals surface area contributed by atoms with Gasteiger partial charge in [0.15, 0.2) is 11.6 Å². The van der Waals surface area contributed by atoms with Crippen LogP contribution in [-0.2, 0) is 29.3 Å². The van der Waals surface area contributed by atoms with Gasteiger partial charge in [0.25, 0.3) is 0 Å². The van der Waals surface area contributed by atoms with Crippen LogP contribution < -0.4 is 5.73 Å². The Labute approximate surface area is 163 Å². The third-order valence-corrected chi connectivity index (χ3v) is 5.29. The molecule has 0 aliphatic carbocycles. The highest BCUT2D eigenvalue weighted by Crippen LogP contribution is 2.49. The van der Waals surface area contributed by atoms with E-state index in [2.05, 4.69) is 10.1 Å². The van der Waals surface area contributed by atoms with Gasteiger partial charge in [0.1, 0.15) is 42.4 Å². The number of carbonyl (C=O) groups excluding carboxylic acids is 1. The van der Waals surface area contributed by atoms with Crippen molar-refractivity contribution in [1.29, 1.82) is 0 Å². The molecule has 2 N–H and O–H groups in total. The molecule has 2 aliphatic heterocycles. The maximum absolute atomic E-state index is 11.9. The van der Waals surface area contributed by atoms with Gasteiger partial charge >= 0.3 is 5.97 Å². The number of carbonyl (C=O) groups is 1. The fourth-order valence-electron chi connectivity index (χ4n) is 3.93. The average molecular weight is 390 g/mol. The summed E-state index contributed by atoms with van der Waals surface area (Å²) in [6.07, 6.45) is 0.146. The molecule has 4 atom stereocenters. The van der Waals surface area contributed by atoms with E-state index in [1.165, 1.54) is 6.33 Å². The van der Waals surface area contributed by atoms with E-state index in [0.29, 0.717) is 11.3 Å². The monoisotopic (exact) mass is 390 g/mol. The molecule has 2 aliphatic rings. The van der Waals surface area contributed by atoms with Crippen molar-refractivity contribution in [3.63, 3.8) is 0 Å². The second-order valence-electron chi connectivity index (χ2n) is 8.23. The molecule has 9 nitrogen and oxygen atoms in total. The number of rotatable bonds is 4. The van der Waals surface area contributed by atoms with Crippen molar-refractivity contribution in [2.45, 2.75) is 64.3 Å². The summed E-state index contributed by atoms with van der Waals surface area (Å²) in [6, 6.07) is 3.75. The summed E-state index contributed by atoms with van der Waals surface area (Å²) in [5, 5.41) is 4.33. The molecule has 0 aromatic carbocycles. The molecular weight excluding hydrogens is 364 g/mol. The Bertz CT molecular complexity index is 911. The Morgan fingerprint density at radius 3 is 2.75 bits per heavy atom. The topological polar surface area (TPSA) is 110 Å². The Morgan fingerprint density at radius 1 is 1.29 bits per heavy atom. The van der Waals surface area contributed by atoms with Gasteiger partial charge in [-0.1, -0.05) is 13.8 Å². The molecule has 0 amide bonds. The number of hydrogen-bond donors (Lipinski definition) is 1. The van der Waals surface area contributed by atoms with Crippen LogP contribution in [0.2, 0.25) is 0 Å². The molecule has 0 bridgehead atoms. The van der Waals surface area contributed by atoms with E-state index < -0.39 is 23.6 Å². The number of nitrogens with zero attached hydrogens (tertiary/aromatic N) is 3. The van der Waals surface area contributed by atoms with Gasteiger partial charge in [0.2, 0.25) is 0 Å². The average Bonchev–Trinajstić information content (AvgIpc) is 3.26. The van der Waals surface area contributed by atoms with Crippen LogP contribution in [0.25, 0.3) is 5.52 Å². The Kier molecular flexibility index (Phi) is 4.36. The van der Waals surface area contributed by atoms with E-state index in [9.17, 15) is 4.79 Å². The van der Waals surface area contributed by atoms with Crippen molar-refractivity contribution in [2.24, 2.45) is 5.92 Å². The standard InChI is InChI=1S/C19H26N4O5/c1-10(2)17(24)25-8-12-14-15(28-18(3,4)27-14)19(5,26-12)13-7-6-11-16(20)21-9-22-23(11)13/h6-7,9-10,12,14-15H,8H2,1-5H3,(H2,20,21,22)/t12-,14-,15-,19+/m1/s1. The molecule has 0 spiro atoms. The molecule has 0 saturated carbocycles. The summed E-state index contributed by atoms with van der Waals surface area (Å²) in [4.78, 5) is 16.0. The lowest BCUT2D eigenvalue weighted by molar-refractivity contribution is -0.214. The fourth-order valence-corrected chi connectivity index (χ4v) is 3.93. The van der Waals surface area contributed by atoms with Crippen LogP contribution >= 0.6 is 0 Å². The van der Waals surface area contributed by atoms with Gasteiger partial charge in [-0.05, 0) is 32.9 Å². The van der Waals surface area contributed by atoms with Crippen molar-refractivity contribution >= 4 is 17.3 Å². The smallest absolute Gasteiger partial charge is 0.308 e. The normalized spacial score (nSPS) is 31.4. The van der Waals surface area contributed by atoms with Crippen molar-refractivity contribution < 1.29 is 23.7 Å². The van der Waals surface area contributed by atoms with E-state index in [-0.39, 0.29) is 24.6 Å². The summed E-state index contributed by atoms with van der Waals surface area (Å²) in [5.41, 5.74) is 6.55. The highest BCUT2D eigenvalue weighted by atomic mass is 16.8. The third kappa shape index (κ3) is 2.94. The van der Waals surface area contributed by atoms with Gasteiger partial charge in [-0.3, -0.25) is 4.79 Å². The zero-order chi connectivity index (χ0) is 20.3. The van der Waals surface area contributed by atoms with E-state index in [4.69, 9.17) is 24.7 Å². The minimum Gasteiger partial charge on any atom is -0.463 e. The van der Waals surface area contributed by atoms with Gasteiger partial charge in [-0.25, -0.2) is 9.50 Å². The van der Waals surface area contributed by atoms with Crippen LogP contribution in [0.4, 0.5) is 5.82 Å². The second-order valence-corrected chi connectivity index (χ2v) is 8.23. The number of nitrogen functional groups attached to an aromatic ring is 1. The van der Waals surface area contributed by atoms with Crippen molar-refractivity contribution in [3.8, 4) is 0 Å². The van der Waals surface area contributed by atoms with Gasteiger partial charge in [0, 0.05) is 0 Å². The van der Waals surface area contributed by atoms with Crippen molar-refractivity contribution in [1.82, 2.24) is 14.6 Å². The van der Waals surface area contributed by atoms with Crippen LogP contribution in [-0.4, -0.2) is 51.3 Å². The molecule has 4 rings (SSSR count). The summed E-state index contributed by atoms with van der Waals surface area (Å²) in [7, 11) is 0. The summed E-state index contributed by atoms with van der Waals surface area (Å²) in [6.45, 7) is 9.33. The first-order valence-electron chi connectivity index (χ1n) is 9.41. The van der Waals surface area contributed by atoms with Crippen LogP contribution in [0, 0.1) is 5.92 Å². The summed E-state index contributed by atoms with van der Waals surface area (Å²) in [5.74, 6) is -0.886. The first-order chi connectivity index (χ1) is 13.1. The number of aromatic nitrogens is 3. The van der Waals surface area contributed by atoms with Crippen LogP contribution in [0.5, 0.6) is 0 Å². The first kappa shape index (κ1) is 19.1. The van der Waals surface area contributed by atoms with E-state index in [1.807, 2.05) is 32.9 Å². The molecule has 4 heterocycles. The molecule has 0 radical (unpaired) electrons. The zero-order valence-electron chi connectivity index (χ0n) is 16.7. The highest BCUT2D eigenvalue weighted by Gasteiger charge is 2.62. The molecule has 28 heavy (non-hydrogen) atoms. The lowest BCUT2D eigenvalue weighted by atomic mass is 9.93.